The maximum absolute atomic E-state index is 13.0. The number of nitrogens with zero attached hydrogens (tertiary/aromatic N) is 3. The highest BCUT2D eigenvalue weighted by Crippen LogP contribution is 2.20. The fourth-order valence-electron chi connectivity index (χ4n) is 2.53. The average Bonchev–Trinajstić information content (AvgIpc) is 3.07. The van der Waals surface area contributed by atoms with Crippen LogP contribution in [0.2, 0.25) is 5.02 Å². The summed E-state index contributed by atoms with van der Waals surface area (Å²) in [7, 11) is 0. The van der Waals surface area contributed by atoms with Crippen molar-refractivity contribution in [2.24, 2.45) is 0 Å². The predicted molar refractivity (Wildman–Crippen MR) is 102 cm³/mol. The third-order valence-electron chi connectivity index (χ3n) is 3.97. The van der Waals surface area contributed by atoms with Crippen LogP contribution in [0.1, 0.15) is 23.9 Å². The van der Waals surface area contributed by atoms with E-state index in [4.69, 9.17) is 11.6 Å². The van der Waals surface area contributed by atoms with Gasteiger partial charge in [-0.2, -0.15) is 4.37 Å². The second-order valence-corrected chi connectivity index (χ2v) is 6.92. The number of rotatable bonds is 7. The minimum atomic E-state index is -0.227. The molecule has 0 amide bonds. The molecule has 0 atom stereocenters. The molecule has 0 radical (unpaired) electrons. The molecule has 1 heterocycles. The largest absolute Gasteiger partial charge is 0.347 e. The summed E-state index contributed by atoms with van der Waals surface area (Å²) in [6.45, 7) is 3.87. The van der Waals surface area contributed by atoms with Gasteiger partial charge >= 0.3 is 0 Å². The van der Waals surface area contributed by atoms with Gasteiger partial charge in [0.05, 0.1) is 0 Å². The molecule has 0 spiro atoms. The Bertz CT molecular complexity index is 802. The zero-order chi connectivity index (χ0) is 17.6. The molecule has 0 fully saturated rings. The van der Waals surface area contributed by atoms with Crippen LogP contribution in [-0.4, -0.2) is 22.4 Å². The van der Waals surface area contributed by atoms with Gasteiger partial charge in [-0.15, -0.1) is 0 Å². The number of benzene rings is 2. The Hall–Kier alpha value is -1.98. The summed E-state index contributed by atoms with van der Waals surface area (Å²) in [6, 6.07) is 14.4. The van der Waals surface area contributed by atoms with E-state index in [2.05, 4.69) is 33.3 Å². The number of hydrogen-bond donors (Lipinski definition) is 0. The van der Waals surface area contributed by atoms with E-state index in [0.29, 0.717) is 6.42 Å². The summed E-state index contributed by atoms with van der Waals surface area (Å²) in [5, 5.41) is 1.68. The highest BCUT2D eigenvalue weighted by atomic mass is 35.5. The number of aromatic nitrogens is 2. The smallest absolute Gasteiger partial charge is 0.205 e. The molecular weight excluding hydrogens is 357 g/mol. The Morgan fingerprint density at radius 2 is 1.72 bits per heavy atom. The Morgan fingerprint density at radius 1 is 1.04 bits per heavy atom. The molecule has 25 heavy (non-hydrogen) atoms. The second kappa shape index (κ2) is 8.41. The van der Waals surface area contributed by atoms with Crippen LogP contribution in [0.25, 0.3) is 0 Å². The van der Waals surface area contributed by atoms with Crippen LogP contribution < -0.4 is 4.90 Å². The van der Waals surface area contributed by atoms with Gasteiger partial charge in [0, 0.05) is 36.1 Å². The first-order valence-electron chi connectivity index (χ1n) is 8.20. The summed E-state index contributed by atoms with van der Waals surface area (Å²) in [5.41, 5.74) is 2.26. The molecule has 3 aromatic rings. The SMILES string of the molecule is CCN(CCc1ccc(Cl)cc1)c1nc(Cc2ccc(F)cc2)ns1. The van der Waals surface area contributed by atoms with Gasteiger partial charge < -0.3 is 4.90 Å². The fourth-order valence-corrected chi connectivity index (χ4v) is 3.43. The number of anilines is 1. The lowest BCUT2D eigenvalue weighted by Gasteiger charge is -2.19. The van der Waals surface area contributed by atoms with Crippen molar-refractivity contribution in [3.63, 3.8) is 0 Å². The van der Waals surface area contributed by atoms with Crippen molar-refractivity contribution >= 4 is 28.3 Å². The third-order valence-corrected chi connectivity index (χ3v) is 5.04. The molecule has 130 valence electrons. The molecule has 0 aliphatic heterocycles. The average molecular weight is 376 g/mol. The summed E-state index contributed by atoms with van der Waals surface area (Å²) in [4.78, 5) is 6.87. The quantitative estimate of drug-likeness (QED) is 0.582. The van der Waals surface area contributed by atoms with Crippen molar-refractivity contribution in [3.05, 3.63) is 76.3 Å². The van der Waals surface area contributed by atoms with Crippen LogP contribution >= 0.6 is 23.1 Å². The summed E-state index contributed by atoms with van der Waals surface area (Å²) >= 11 is 7.34. The van der Waals surface area contributed by atoms with Gasteiger partial charge in [-0.1, -0.05) is 35.9 Å². The van der Waals surface area contributed by atoms with E-state index in [1.165, 1.54) is 29.2 Å². The van der Waals surface area contributed by atoms with Crippen LogP contribution in [0, 0.1) is 5.82 Å². The summed E-state index contributed by atoms with van der Waals surface area (Å²) in [5.74, 6) is 0.548. The van der Waals surface area contributed by atoms with E-state index < -0.39 is 0 Å². The highest BCUT2D eigenvalue weighted by molar-refractivity contribution is 7.09. The zero-order valence-corrected chi connectivity index (χ0v) is 15.5. The van der Waals surface area contributed by atoms with Crippen molar-refractivity contribution in [2.45, 2.75) is 19.8 Å². The lowest BCUT2D eigenvalue weighted by Crippen LogP contribution is -2.25. The van der Waals surface area contributed by atoms with Crippen molar-refractivity contribution in [3.8, 4) is 0 Å². The van der Waals surface area contributed by atoms with Crippen LogP contribution in [0.4, 0.5) is 9.52 Å². The number of likely N-dealkylation sites (N-methyl/N-ethyl adjacent to an activating group) is 1. The molecule has 0 N–H and O–H groups in total. The lowest BCUT2D eigenvalue weighted by molar-refractivity contribution is 0.627. The van der Waals surface area contributed by atoms with Crippen molar-refractivity contribution < 1.29 is 4.39 Å². The van der Waals surface area contributed by atoms with E-state index >= 15 is 0 Å². The van der Waals surface area contributed by atoms with Crippen LogP contribution in [0.3, 0.4) is 0 Å². The molecule has 6 heteroatoms. The maximum atomic E-state index is 13.0. The minimum absolute atomic E-state index is 0.227. The van der Waals surface area contributed by atoms with Crippen molar-refractivity contribution in [2.75, 3.05) is 18.0 Å². The van der Waals surface area contributed by atoms with Gasteiger partial charge in [0.15, 0.2) is 0 Å². The molecule has 0 saturated carbocycles. The molecule has 2 aromatic carbocycles. The number of hydrogen-bond acceptors (Lipinski definition) is 4. The van der Waals surface area contributed by atoms with Crippen LogP contribution in [0.15, 0.2) is 48.5 Å². The minimum Gasteiger partial charge on any atom is -0.347 e. The maximum Gasteiger partial charge on any atom is 0.205 e. The molecule has 0 saturated heterocycles. The fraction of sp³-hybridized carbons (Fsp3) is 0.263. The summed E-state index contributed by atoms with van der Waals surface area (Å²) < 4.78 is 17.4. The van der Waals surface area contributed by atoms with Crippen molar-refractivity contribution in [1.82, 2.24) is 9.36 Å². The van der Waals surface area contributed by atoms with E-state index in [1.807, 2.05) is 12.1 Å². The van der Waals surface area contributed by atoms with Gasteiger partial charge in [-0.25, -0.2) is 9.37 Å². The van der Waals surface area contributed by atoms with Gasteiger partial charge in [0.2, 0.25) is 5.13 Å². The standard InChI is InChI=1S/C19H19ClFN3S/c1-2-24(12-11-14-3-7-16(20)8-4-14)19-22-18(23-25-19)13-15-5-9-17(21)10-6-15/h3-10H,2,11-13H2,1H3. The monoisotopic (exact) mass is 375 g/mol. The van der Waals surface area contributed by atoms with Gasteiger partial charge in [0.25, 0.3) is 0 Å². The molecule has 1 aromatic heterocycles. The van der Waals surface area contributed by atoms with Crippen LogP contribution in [0.5, 0.6) is 0 Å². The molecule has 3 rings (SSSR count). The van der Waals surface area contributed by atoms with Gasteiger partial charge in [-0.3, -0.25) is 0 Å². The van der Waals surface area contributed by atoms with E-state index in [9.17, 15) is 4.39 Å². The number of halogens is 2. The predicted octanol–water partition coefficient (Wildman–Crippen LogP) is 4.99. The molecule has 0 unspecified atom stereocenters. The Morgan fingerprint density at radius 3 is 2.40 bits per heavy atom. The Kier molecular flexibility index (Phi) is 6.00. The molecule has 0 aliphatic rings. The topological polar surface area (TPSA) is 29.0 Å². The molecule has 3 nitrogen and oxygen atoms in total. The molecule has 0 aliphatic carbocycles. The van der Waals surface area contributed by atoms with E-state index in [-0.39, 0.29) is 5.82 Å². The first-order valence-corrected chi connectivity index (χ1v) is 9.35. The van der Waals surface area contributed by atoms with Gasteiger partial charge in [-0.05, 0) is 48.7 Å². The molecular formula is C19H19ClFN3S. The van der Waals surface area contributed by atoms with E-state index in [1.54, 1.807) is 12.1 Å². The second-order valence-electron chi connectivity index (χ2n) is 5.75. The Balaban J connectivity index is 1.62. The zero-order valence-electron chi connectivity index (χ0n) is 14.0. The first-order chi connectivity index (χ1) is 12.1. The Labute approximate surface area is 156 Å². The summed E-state index contributed by atoms with van der Waals surface area (Å²) in [6.07, 6.45) is 1.55. The van der Waals surface area contributed by atoms with E-state index in [0.717, 1.165) is 41.1 Å². The highest BCUT2D eigenvalue weighted by Gasteiger charge is 2.11. The van der Waals surface area contributed by atoms with Gasteiger partial charge in [0.1, 0.15) is 11.6 Å². The van der Waals surface area contributed by atoms with Crippen LogP contribution in [-0.2, 0) is 12.8 Å². The first kappa shape index (κ1) is 17.8. The van der Waals surface area contributed by atoms with Crippen molar-refractivity contribution in [1.29, 1.82) is 0 Å². The normalized spacial score (nSPS) is 10.8. The lowest BCUT2D eigenvalue weighted by atomic mass is 10.1. The third kappa shape index (κ3) is 5.00. The molecule has 0 bridgehead atoms.